The van der Waals surface area contributed by atoms with Gasteiger partial charge in [-0.25, -0.2) is 0 Å². The van der Waals surface area contributed by atoms with Crippen molar-refractivity contribution >= 4 is 17.7 Å². The molecule has 2 aliphatic rings. The number of rotatable bonds is 11. The molecule has 1 heterocycles. The van der Waals surface area contributed by atoms with Crippen LogP contribution in [0.15, 0.2) is 42.5 Å². The van der Waals surface area contributed by atoms with E-state index in [9.17, 15) is 4.79 Å². The first-order chi connectivity index (χ1) is 18.5. The molecule has 5 rings (SSSR count). The van der Waals surface area contributed by atoms with Gasteiger partial charge in [-0.2, -0.15) is 11.8 Å². The molecule has 1 unspecified atom stereocenters. The lowest BCUT2D eigenvalue weighted by Crippen LogP contribution is -2.15. The molecule has 0 bridgehead atoms. The number of ether oxygens (including phenoxy) is 4. The van der Waals surface area contributed by atoms with E-state index in [1.165, 1.54) is 40.5 Å². The normalized spacial score (nSPS) is 15.2. The van der Waals surface area contributed by atoms with Crippen LogP contribution in [0.25, 0.3) is 11.1 Å². The van der Waals surface area contributed by atoms with E-state index in [0.717, 1.165) is 60.0 Å². The van der Waals surface area contributed by atoms with Crippen LogP contribution in [0.4, 0.5) is 0 Å². The quantitative estimate of drug-likeness (QED) is 0.200. The van der Waals surface area contributed by atoms with Crippen molar-refractivity contribution in [2.75, 3.05) is 32.3 Å². The van der Waals surface area contributed by atoms with Gasteiger partial charge >= 0.3 is 5.97 Å². The molecular formula is C32H36O5S. The van der Waals surface area contributed by atoms with Crippen LogP contribution in [0, 0.1) is 13.8 Å². The van der Waals surface area contributed by atoms with E-state index in [1.54, 1.807) is 0 Å². The van der Waals surface area contributed by atoms with E-state index in [4.69, 9.17) is 18.9 Å². The Bertz CT molecular complexity index is 1330. The molecule has 3 aromatic carbocycles. The maximum atomic E-state index is 11.7. The Morgan fingerprint density at radius 1 is 1.03 bits per heavy atom. The van der Waals surface area contributed by atoms with Gasteiger partial charge in [0.2, 0.25) is 0 Å². The third-order valence-electron chi connectivity index (χ3n) is 7.62. The zero-order valence-electron chi connectivity index (χ0n) is 22.7. The molecule has 5 nitrogen and oxygen atoms in total. The van der Waals surface area contributed by atoms with Gasteiger partial charge in [0.25, 0.3) is 0 Å². The molecule has 0 N–H and O–H groups in total. The lowest BCUT2D eigenvalue weighted by atomic mass is 9.79. The molecule has 0 aromatic heterocycles. The van der Waals surface area contributed by atoms with Crippen LogP contribution in [0.2, 0.25) is 0 Å². The van der Waals surface area contributed by atoms with Crippen molar-refractivity contribution < 1.29 is 23.7 Å². The van der Waals surface area contributed by atoms with Crippen molar-refractivity contribution in [3.63, 3.8) is 0 Å². The second-order valence-corrected chi connectivity index (χ2v) is 11.1. The fourth-order valence-electron chi connectivity index (χ4n) is 5.38. The molecule has 1 aliphatic carbocycles. The van der Waals surface area contributed by atoms with Gasteiger partial charge in [0.15, 0.2) is 0 Å². The smallest absolute Gasteiger partial charge is 0.306 e. The summed E-state index contributed by atoms with van der Waals surface area (Å²) in [6.07, 6.45) is 5.71. The number of aryl methyl sites for hydroxylation is 2. The molecule has 6 heteroatoms. The second-order valence-electron chi connectivity index (χ2n) is 10.1. The maximum absolute atomic E-state index is 11.7. The third kappa shape index (κ3) is 5.51. The molecule has 0 saturated heterocycles. The van der Waals surface area contributed by atoms with E-state index in [2.05, 4.69) is 44.4 Å². The number of benzene rings is 3. The Kier molecular flexibility index (Phi) is 8.18. The number of methoxy groups -OCH3 is 1. The van der Waals surface area contributed by atoms with Crippen LogP contribution < -0.4 is 14.2 Å². The lowest BCUT2D eigenvalue weighted by molar-refractivity contribution is -0.141. The number of esters is 1. The first-order valence-corrected chi connectivity index (χ1v) is 14.7. The van der Waals surface area contributed by atoms with Crippen LogP contribution in [-0.4, -0.2) is 38.3 Å². The molecule has 38 heavy (non-hydrogen) atoms. The number of fused-ring (bicyclic) bond motifs is 2. The molecular weight excluding hydrogens is 496 g/mol. The van der Waals surface area contributed by atoms with Crippen LogP contribution in [0.5, 0.6) is 17.2 Å². The summed E-state index contributed by atoms with van der Waals surface area (Å²) < 4.78 is 23.0. The highest BCUT2D eigenvalue weighted by Gasteiger charge is 2.27. The summed E-state index contributed by atoms with van der Waals surface area (Å²) in [4.78, 5) is 11.7. The third-order valence-corrected chi connectivity index (χ3v) is 8.32. The molecule has 1 atom stereocenters. The summed E-state index contributed by atoms with van der Waals surface area (Å²) in [6.45, 7) is 6.05. The number of carbonyl (C=O) groups is 1. The molecule has 3 aromatic rings. The van der Waals surface area contributed by atoms with Crippen molar-refractivity contribution in [1.29, 1.82) is 0 Å². The zero-order valence-corrected chi connectivity index (χ0v) is 23.5. The summed E-state index contributed by atoms with van der Waals surface area (Å²) >= 11 is 1.86. The highest BCUT2D eigenvalue weighted by atomic mass is 32.2. The lowest BCUT2D eigenvalue weighted by Gasteiger charge is -2.28. The highest BCUT2D eigenvalue weighted by Crippen LogP contribution is 2.43. The van der Waals surface area contributed by atoms with Crippen LogP contribution in [-0.2, 0) is 29.0 Å². The van der Waals surface area contributed by atoms with Gasteiger partial charge in [0.1, 0.15) is 23.9 Å². The first kappa shape index (κ1) is 26.5. The fourth-order valence-corrected chi connectivity index (χ4v) is 5.78. The van der Waals surface area contributed by atoms with Gasteiger partial charge in [0, 0.05) is 17.5 Å². The Morgan fingerprint density at radius 3 is 2.63 bits per heavy atom. The first-order valence-electron chi connectivity index (χ1n) is 13.3. The van der Waals surface area contributed by atoms with Gasteiger partial charge in [-0.3, -0.25) is 4.79 Å². The summed E-state index contributed by atoms with van der Waals surface area (Å²) in [5.41, 5.74) is 10.0. The molecule has 0 spiro atoms. The molecule has 0 amide bonds. The molecule has 0 saturated carbocycles. The molecule has 1 aliphatic heterocycles. The van der Waals surface area contributed by atoms with E-state index in [-0.39, 0.29) is 11.9 Å². The molecule has 0 radical (unpaired) electrons. The van der Waals surface area contributed by atoms with Crippen LogP contribution >= 0.6 is 11.8 Å². The van der Waals surface area contributed by atoms with E-state index in [1.807, 2.05) is 30.0 Å². The monoisotopic (exact) mass is 532 g/mol. The number of hydrogen-bond donors (Lipinski definition) is 0. The molecule has 200 valence electrons. The van der Waals surface area contributed by atoms with E-state index >= 15 is 0 Å². The summed E-state index contributed by atoms with van der Waals surface area (Å²) in [7, 11) is 1.42. The van der Waals surface area contributed by atoms with Crippen molar-refractivity contribution in [1.82, 2.24) is 0 Å². The van der Waals surface area contributed by atoms with Gasteiger partial charge in [-0.15, -0.1) is 0 Å². The minimum absolute atomic E-state index is 0.0263. The maximum Gasteiger partial charge on any atom is 0.306 e. The van der Waals surface area contributed by atoms with Crippen LogP contribution in [0.3, 0.4) is 0 Å². The summed E-state index contributed by atoms with van der Waals surface area (Å²) in [5, 5.41) is 0. The summed E-state index contributed by atoms with van der Waals surface area (Å²) in [6, 6.07) is 14.8. The Balaban J connectivity index is 1.31. The average molecular weight is 533 g/mol. The predicted molar refractivity (Wildman–Crippen MR) is 153 cm³/mol. The van der Waals surface area contributed by atoms with Crippen molar-refractivity contribution in [2.45, 2.75) is 52.1 Å². The predicted octanol–water partition coefficient (Wildman–Crippen LogP) is 6.82. The largest absolute Gasteiger partial charge is 0.493 e. The molecule has 0 fully saturated rings. The van der Waals surface area contributed by atoms with Gasteiger partial charge in [-0.05, 0) is 102 Å². The highest BCUT2D eigenvalue weighted by molar-refractivity contribution is 7.98. The fraction of sp³-hybridized carbons (Fsp3) is 0.406. The van der Waals surface area contributed by atoms with Crippen molar-refractivity contribution in [3.05, 3.63) is 75.8 Å². The summed E-state index contributed by atoms with van der Waals surface area (Å²) in [5.74, 6) is 3.54. The van der Waals surface area contributed by atoms with Gasteiger partial charge in [-0.1, -0.05) is 18.2 Å². The Labute approximate surface area is 229 Å². The SMILES string of the molecule is COC(=O)CC1COc2cc(OCc3cc(-c4c(C)cc(OCCCSC)c5c4CC5)ccc3C)ccc21. The number of carbonyl (C=O) groups excluding carboxylic acids is 1. The van der Waals surface area contributed by atoms with Gasteiger partial charge < -0.3 is 18.9 Å². The van der Waals surface area contributed by atoms with Crippen molar-refractivity contribution in [3.8, 4) is 28.4 Å². The average Bonchev–Trinajstić information content (AvgIpc) is 3.29. The standard InChI is InChI=1S/C32H36O5S/c1-20-6-7-22(32-21(2)14-29(27-10-11-28(27)32)35-12-5-13-38-4)15-23(20)18-36-25-8-9-26-24(16-31(33)34-3)19-37-30(26)17-25/h6-9,14-15,17,24H,5,10-13,16,18-19H2,1-4H3. The Morgan fingerprint density at radius 2 is 1.87 bits per heavy atom. The minimum Gasteiger partial charge on any atom is -0.493 e. The van der Waals surface area contributed by atoms with Crippen molar-refractivity contribution in [2.24, 2.45) is 0 Å². The van der Waals surface area contributed by atoms with Crippen LogP contribution in [0.1, 0.15) is 52.1 Å². The topological polar surface area (TPSA) is 54.0 Å². The minimum atomic E-state index is -0.222. The van der Waals surface area contributed by atoms with Gasteiger partial charge in [0.05, 0.1) is 26.7 Å². The number of hydrogen-bond acceptors (Lipinski definition) is 6. The van der Waals surface area contributed by atoms with E-state index < -0.39 is 0 Å². The second kappa shape index (κ2) is 11.7. The number of thioether (sulfide) groups is 1. The zero-order chi connectivity index (χ0) is 26.6. The van der Waals surface area contributed by atoms with E-state index in [0.29, 0.717) is 19.6 Å². The Hall–Kier alpha value is -3.12.